The first kappa shape index (κ1) is 20.2. The highest BCUT2D eigenvalue weighted by Crippen LogP contribution is 2.16. The maximum absolute atomic E-state index is 10.0. The smallest absolute Gasteiger partial charge is 0.235 e. The molecule has 2 N–H and O–H groups in total. The van der Waals surface area contributed by atoms with Crippen molar-refractivity contribution < 1.29 is 4.92 Å². The second-order valence-electron chi connectivity index (χ2n) is 5.21. The van der Waals surface area contributed by atoms with Crippen LogP contribution >= 0.6 is 23.2 Å². The Hall–Kier alpha value is -1.88. The van der Waals surface area contributed by atoms with Gasteiger partial charge in [-0.2, -0.15) is 0 Å². The average Bonchev–Trinajstić information content (AvgIpc) is 2.50. The quantitative estimate of drug-likeness (QED) is 0.608. The Bertz CT molecular complexity index is 731. The van der Waals surface area contributed by atoms with Crippen molar-refractivity contribution in [2.45, 2.75) is 20.3 Å². The summed E-state index contributed by atoms with van der Waals surface area (Å²) in [4.78, 5) is 9.55. The molecule has 2 aromatic carbocycles. The van der Waals surface area contributed by atoms with E-state index in [2.05, 4.69) is 6.92 Å². The Labute approximate surface area is 152 Å². The van der Waals surface area contributed by atoms with E-state index in [0.717, 1.165) is 28.8 Å². The molecule has 0 saturated heterocycles. The van der Waals surface area contributed by atoms with Crippen molar-refractivity contribution in [1.29, 1.82) is 0 Å². The van der Waals surface area contributed by atoms with Gasteiger partial charge in [0.1, 0.15) is 0 Å². The monoisotopic (exact) mass is 366 g/mol. The number of nitrogens with two attached hydrogens (primary N) is 1. The van der Waals surface area contributed by atoms with Crippen LogP contribution in [0.15, 0.2) is 42.6 Å². The summed E-state index contributed by atoms with van der Waals surface area (Å²) < 4.78 is 0. The highest BCUT2D eigenvalue weighted by Gasteiger charge is 1.97. The highest BCUT2D eigenvalue weighted by atomic mass is 35.5. The van der Waals surface area contributed by atoms with Crippen molar-refractivity contribution in [2.24, 2.45) is 5.73 Å². The van der Waals surface area contributed by atoms with E-state index in [4.69, 9.17) is 28.9 Å². The van der Waals surface area contributed by atoms with E-state index < -0.39 is 4.92 Å². The molecule has 2 aromatic rings. The zero-order valence-corrected chi connectivity index (χ0v) is 15.1. The van der Waals surface area contributed by atoms with Gasteiger partial charge in [0.25, 0.3) is 0 Å². The van der Waals surface area contributed by atoms with E-state index in [0.29, 0.717) is 11.6 Å². The third-order valence-corrected chi connectivity index (χ3v) is 3.80. The molecule has 6 heteroatoms. The highest BCUT2D eigenvalue weighted by molar-refractivity contribution is 6.30. The summed E-state index contributed by atoms with van der Waals surface area (Å²) >= 11 is 11.5. The van der Waals surface area contributed by atoms with Crippen molar-refractivity contribution in [1.82, 2.24) is 0 Å². The van der Waals surface area contributed by atoms with Crippen molar-refractivity contribution in [3.63, 3.8) is 0 Å². The molecular formula is C18H20Cl2N2O2. The minimum absolute atomic E-state index is 0.492. The lowest BCUT2D eigenvalue weighted by atomic mass is 10.1. The van der Waals surface area contributed by atoms with E-state index in [1.807, 2.05) is 25.1 Å². The molecule has 0 aliphatic heterocycles. The normalized spacial score (nSPS) is 10.4. The maximum atomic E-state index is 10.0. The topological polar surface area (TPSA) is 69.2 Å². The van der Waals surface area contributed by atoms with Crippen LogP contribution in [0.1, 0.15) is 22.3 Å². The third-order valence-electron chi connectivity index (χ3n) is 3.33. The maximum Gasteiger partial charge on any atom is 0.235 e. The summed E-state index contributed by atoms with van der Waals surface area (Å²) in [5, 5.41) is 11.5. The predicted molar refractivity (Wildman–Crippen MR) is 101 cm³/mol. The summed E-state index contributed by atoms with van der Waals surface area (Å²) in [5.74, 6) is 0. The first-order valence-electron chi connectivity index (χ1n) is 7.36. The summed E-state index contributed by atoms with van der Waals surface area (Å²) in [6.45, 7) is 4.60. The van der Waals surface area contributed by atoms with Crippen LogP contribution in [0, 0.1) is 24.0 Å². The Morgan fingerprint density at radius 1 is 1.08 bits per heavy atom. The van der Waals surface area contributed by atoms with Crippen LogP contribution < -0.4 is 5.73 Å². The van der Waals surface area contributed by atoms with Crippen LogP contribution in [-0.2, 0) is 6.42 Å². The van der Waals surface area contributed by atoms with Gasteiger partial charge in [0, 0.05) is 16.1 Å². The van der Waals surface area contributed by atoms with Crippen molar-refractivity contribution in [3.8, 4) is 0 Å². The first-order valence-corrected chi connectivity index (χ1v) is 8.12. The lowest BCUT2D eigenvalue weighted by Crippen LogP contribution is -2.03. The van der Waals surface area contributed by atoms with Gasteiger partial charge >= 0.3 is 0 Å². The van der Waals surface area contributed by atoms with Crippen molar-refractivity contribution >= 4 is 29.3 Å². The minimum atomic E-state index is -0.492. The number of nitrogens with zero attached hydrogens (tertiary/aromatic N) is 1. The molecule has 0 radical (unpaired) electrons. The Morgan fingerprint density at radius 3 is 2.17 bits per heavy atom. The van der Waals surface area contributed by atoms with E-state index in [1.54, 1.807) is 18.2 Å². The number of aryl methyl sites for hydroxylation is 2. The van der Waals surface area contributed by atoms with Gasteiger partial charge in [-0.3, -0.25) is 10.1 Å². The van der Waals surface area contributed by atoms with Crippen LogP contribution in [0.2, 0.25) is 10.0 Å². The Balaban J connectivity index is 0.000000243. The fourth-order valence-corrected chi connectivity index (χ4v) is 2.52. The molecule has 0 unspecified atom stereocenters. The largest absolute Gasteiger partial charge is 0.330 e. The zero-order valence-electron chi connectivity index (χ0n) is 13.6. The van der Waals surface area contributed by atoms with Gasteiger partial charge in [-0.25, -0.2) is 0 Å². The fraction of sp³-hybridized carbons (Fsp3) is 0.222. The molecule has 0 amide bonds. The number of nitro groups is 1. The summed E-state index contributed by atoms with van der Waals surface area (Å²) in [6, 6.07) is 11.1. The molecule has 4 nitrogen and oxygen atoms in total. The number of hydrogen-bond acceptors (Lipinski definition) is 3. The van der Waals surface area contributed by atoms with Crippen LogP contribution in [0.25, 0.3) is 6.08 Å². The predicted octanol–water partition coefficient (Wildman–Crippen LogP) is 5.05. The van der Waals surface area contributed by atoms with Crippen LogP contribution in [0.4, 0.5) is 0 Å². The van der Waals surface area contributed by atoms with Crippen molar-refractivity contribution in [2.75, 3.05) is 6.54 Å². The molecule has 24 heavy (non-hydrogen) atoms. The van der Waals surface area contributed by atoms with Gasteiger partial charge in [-0.15, -0.1) is 0 Å². The van der Waals surface area contributed by atoms with Crippen molar-refractivity contribution in [3.05, 3.63) is 85.0 Å². The standard InChI is InChI=1S/C9H8ClNO2.C9H12ClN/c1-7-6-9(10)3-2-8(7)4-5-11(12)13;1-7-6-9(10)3-2-8(7)4-5-11/h2-6H,1H3;2-3,6H,4-5,11H2,1H3. The Morgan fingerprint density at radius 2 is 1.67 bits per heavy atom. The van der Waals surface area contributed by atoms with Gasteiger partial charge < -0.3 is 5.73 Å². The summed E-state index contributed by atoms with van der Waals surface area (Å²) in [6.07, 6.45) is 3.30. The minimum Gasteiger partial charge on any atom is -0.330 e. The molecule has 0 aliphatic rings. The molecule has 0 atom stereocenters. The number of hydrogen-bond donors (Lipinski definition) is 1. The van der Waals surface area contributed by atoms with E-state index in [1.165, 1.54) is 17.2 Å². The van der Waals surface area contributed by atoms with Crippen LogP contribution in [0.5, 0.6) is 0 Å². The van der Waals surface area contributed by atoms with Gasteiger partial charge in [0.15, 0.2) is 0 Å². The van der Waals surface area contributed by atoms with Crippen LogP contribution in [0.3, 0.4) is 0 Å². The summed E-state index contributed by atoms with van der Waals surface area (Å²) in [5.41, 5.74) is 9.68. The molecule has 0 aromatic heterocycles. The first-order chi connectivity index (χ1) is 11.3. The van der Waals surface area contributed by atoms with Gasteiger partial charge in [-0.05, 0) is 73.3 Å². The fourth-order valence-electron chi connectivity index (χ4n) is 2.06. The molecule has 2 rings (SSSR count). The van der Waals surface area contributed by atoms with Gasteiger partial charge in [0.05, 0.1) is 4.92 Å². The van der Waals surface area contributed by atoms with E-state index in [9.17, 15) is 10.1 Å². The van der Waals surface area contributed by atoms with E-state index >= 15 is 0 Å². The number of halogens is 2. The molecule has 128 valence electrons. The lowest BCUT2D eigenvalue weighted by molar-refractivity contribution is -0.400. The molecule has 0 spiro atoms. The zero-order chi connectivity index (χ0) is 18.1. The molecule has 0 heterocycles. The molecule has 0 fully saturated rings. The molecule has 0 saturated carbocycles. The van der Waals surface area contributed by atoms with Crippen LogP contribution in [-0.4, -0.2) is 11.5 Å². The van der Waals surface area contributed by atoms with Gasteiger partial charge in [-0.1, -0.05) is 35.3 Å². The lowest BCUT2D eigenvalue weighted by Gasteiger charge is -2.03. The SMILES string of the molecule is Cc1cc(Cl)ccc1C=C[N+](=O)[O-].Cc1cc(Cl)ccc1CCN. The number of benzene rings is 2. The third kappa shape index (κ3) is 7.13. The molecular weight excluding hydrogens is 347 g/mol. The molecule has 0 bridgehead atoms. The Kier molecular flexibility index (Phi) is 8.47. The number of rotatable bonds is 4. The second kappa shape index (κ2) is 10.1. The molecule has 0 aliphatic carbocycles. The summed E-state index contributed by atoms with van der Waals surface area (Å²) in [7, 11) is 0. The second-order valence-corrected chi connectivity index (χ2v) is 6.08. The van der Waals surface area contributed by atoms with E-state index in [-0.39, 0.29) is 0 Å². The van der Waals surface area contributed by atoms with Gasteiger partial charge in [0.2, 0.25) is 6.20 Å². The average molecular weight is 367 g/mol.